The number of para-hydroxylation sites is 2. The van der Waals surface area contributed by atoms with Gasteiger partial charge in [0.2, 0.25) is 0 Å². The molecule has 0 bridgehead atoms. The first-order valence-corrected chi connectivity index (χ1v) is 8.65. The number of nitrogens with zero attached hydrogens (tertiary/aromatic N) is 3. The summed E-state index contributed by atoms with van der Waals surface area (Å²) in [6, 6.07) is 6.65. The summed E-state index contributed by atoms with van der Waals surface area (Å²) in [5.41, 5.74) is 0.606. The van der Waals surface area contributed by atoms with Crippen molar-refractivity contribution in [2.24, 2.45) is 10.9 Å². The lowest BCUT2D eigenvalue weighted by atomic mass is 10.1. The van der Waals surface area contributed by atoms with E-state index in [-0.39, 0.29) is 34.6 Å². The highest BCUT2D eigenvalue weighted by atomic mass is 127. The molecule has 146 valence electrons. The van der Waals surface area contributed by atoms with Crippen molar-refractivity contribution in [1.29, 1.82) is 0 Å². The van der Waals surface area contributed by atoms with Crippen molar-refractivity contribution in [3.05, 3.63) is 34.4 Å². The maximum absolute atomic E-state index is 11.0. The van der Waals surface area contributed by atoms with E-state index in [4.69, 9.17) is 4.74 Å². The number of halogens is 1. The lowest BCUT2D eigenvalue weighted by molar-refractivity contribution is -0.384. The van der Waals surface area contributed by atoms with Crippen LogP contribution < -0.4 is 10.6 Å². The fourth-order valence-electron chi connectivity index (χ4n) is 2.96. The third kappa shape index (κ3) is 6.60. The van der Waals surface area contributed by atoms with Gasteiger partial charge in [0.05, 0.1) is 18.1 Å². The zero-order valence-corrected chi connectivity index (χ0v) is 17.6. The number of aliphatic imine (C=N–C) groups is 1. The van der Waals surface area contributed by atoms with Crippen LogP contribution in [-0.4, -0.2) is 62.2 Å². The van der Waals surface area contributed by atoms with E-state index in [9.17, 15) is 10.1 Å². The van der Waals surface area contributed by atoms with E-state index in [1.54, 1.807) is 25.3 Å². The Balaban J connectivity index is 0.00000338. The first-order valence-electron chi connectivity index (χ1n) is 8.65. The summed E-state index contributed by atoms with van der Waals surface area (Å²) in [5, 5.41) is 17.4. The number of ether oxygens (including phenoxy) is 1. The van der Waals surface area contributed by atoms with E-state index in [0.717, 1.165) is 38.6 Å². The number of nitro benzene ring substituents is 1. The second kappa shape index (κ2) is 11.9. The van der Waals surface area contributed by atoms with Crippen LogP contribution in [-0.2, 0) is 4.74 Å². The minimum Gasteiger partial charge on any atom is -0.384 e. The lowest BCUT2D eigenvalue weighted by Gasteiger charge is -2.21. The lowest BCUT2D eigenvalue weighted by Crippen LogP contribution is -2.40. The number of guanidine groups is 1. The molecule has 0 radical (unpaired) electrons. The molecule has 1 aliphatic heterocycles. The average Bonchev–Trinajstić information content (AvgIpc) is 3.06. The minimum absolute atomic E-state index is 0. The highest BCUT2D eigenvalue weighted by molar-refractivity contribution is 14.0. The first kappa shape index (κ1) is 22.4. The van der Waals surface area contributed by atoms with Crippen molar-refractivity contribution in [1.82, 2.24) is 10.2 Å². The number of hydrogen-bond acceptors (Lipinski definition) is 5. The molecule has 0 amide bonds. The number of hydrogen-bond donors (Lipinski definition) is 2. The van der Waals surface area contributed by atoms with Crippen LogP contribution in [0.25, 0.3) is 0 Å². The Labute approximate surface area is 171 Å². The van der Waals surface area contributed by atoms with Gasteiger partial charge in [-0.05, 0) is 19.4 Å². The van der Waals surface area contributed by atoms with E-state index < -0.39 is 0 Å². The van der Waals surface area contributed by atoms with E-state index in [2.05, 4.69) is 20.5 Å². The molecular formula is C17H28IN5O3. The number of nitro groups is 1. The quantitative estimate of drug-likeness (QED) is 0.149. The molecule has 1 saturated heterocycles. The van der Waals surface area contributed by atoms with Gasteiger partial charge in [-0.2, -0.15) is 0 Å². The maximum atomic E-state index is 11.0. The average molecular weight is 477 g/mol. The number of methoxy groups -OCH3 is 1. The molecule has 1 heterocycles. The summed E-state index contributed by atoms with van der Waals surface area (Å²) < 4.78 is 5.24. The molecule has 0 aromatic heterocycles. The van der Waals surface area contributed by atoms with Crippen molar-refractivity contribution in [3.63, 3.8) is 0 Å². The van der Waals surface area contributed by atoms with Crippen LogP contribution in [0.4, 0.5) is 11.4 Å². The SMILES string of the molecule is CCNC(=NCCNc1ccccc1[N+](=O)[O-])N1CCC(COC)C1.I. The van der Waals surface area contributed by atoms with Gasteiger partial charge in [0.25, 0.3) is 5.69 Å². The van der Waals surface area contributed by atoms with Crippen molar-refractivity contribution < 1.29 is 9.66 Å². The number of likely N-dealkylation sites (tertiary alicyclic amines) is 1. The Hall–Kier alpha value is -1.62. The van der Waals surface area contributed by atoms with Crippen LogP contribution in [0.2, 0.25) is 0 Å². The van der Waals surface area contributed by atoms with E-state index in [1.807, 2.05) is 6.92 Å². The molecule has 9 heteroatoms. The highest BCUT2D eigenvalue weighted by Gasteiger charge is 2.24. The number of anilines is 1. The minimum atomic E-state index is -0.379. The molecule has 1 aromatic rings. The fraction of sp³-hybridized carbons (Fsp3) is 0.588. The summed E-state index contributed by atoms with van der Waals surface area (Å²) in [6.07, 6.45) is 1.10. The molecule has 0 saturated carbocycles. The van der Waals surface area contributed by atoms with Gasteiger partial charge in [0.1, 0.15) is 5.69 Å². The monoisotopic (exact) mass is 477 g/mol. The van der Waals surface area contributed by atoms with Crippen LogP contribution in [0.3, 0.4) is 0 Å². The largest absolute Gasteiger partial charge is 0.384 e. The molecule has 2 N–H and O–H groups in total. The molecule has 1 unspecified atom stereocenters. The van der Waals surface area contributed by atoms with Gasteiger partial charge >= 0.3 is 0 Å². The predicted octanol–water partition coefficient (Wildman–Crippen LogP) is 2.56. The van der Waals surface area contributed by atoms with Crippen LogP contribution >= 0.6 is 24.0 Å². The highest BCUT2D eigenvalue weighted by Crippen LogP contribution is 2.22. The van der Waals surface area contributed by atoms with Gasteiger partial charge in [0, 0.05) is 45.3 Å². The molecular weight excluding hydrogens is 449 g/mol. The zero-order valence-electron chi connectivity index (χ0n) is 15.3. The van der Waals surface area contributed by atoms with Crippen molar-refractivity contribution in [2.75, 3.05) is 51.8 Å². The molecule has 0 spiro atoms. The molecule has 8 nitrogen and oxygen atoms in total. The Bertz CT molecular complexity index is 600. The second-order valence-electron chi connectivity index (χ2n) is 5.99. The second-order valence-corrected chi connectivity index (χ2v) is 5.99. The smallest absolute Gasteiger partial charge is 0.292 e. The van der Waals surface area contributed by atoms with Gasteiger partial charge in [0.15, 0.2) is 5.96 Å². The first-order chi connectivity index (χ1) is 12.2. The van der Waals surface area contributed by atoms with Crippen LogP contribution in [0.1, 0.15) is 13.3 Å². The fourth-order valence-corrected chi connectivity index (χ4v) is 2.96. The summed E-state index contributed by atoms with van der Waals surface area (Å²) in [7, 11) is 1.73. The number of benzene rings is 1. The van der Waals surface area contributed by atoms with E-state index in [1.165, 1.54) is 6.07 Å². The third-order valence-corrected chi connectivity index (χ3v) is 4.11. The summed E-state index contributed by atoms with van der Waals surface area (Å²) in [6.45, 7) is 6.62. The summed E-state index contributed by atoms with van der Waals surface area (Å²) >= 11 is 0. The van der Waals surface area contributed by atoms with Crippen LogP contribution in [0.15, 0.2) is 29.3 Å². The summed E-state index contributed by atoms with van der Waals surface area (Å²) in [5.74, 6) is 1.43. The molecule has 1 aliphatic rings. The number of nitrogens with one attached hydrogen (secondary N) is 2. The van der Waals surface area contributed by atoms with Crippen LogP contribution in [0, 0.1) is 16.0 Å². The molecule has 2 rings (SSSR count). The number of rotatable bonds is 8. The van der Waals surface area contributed by atoms with Gasteiger partial charge in [-0.1, -0.05) is 12.1 Å². The van der Waals surface area contributed by atoms with Gasteiger partial charge in [-0.3, -0.25) is 15.1 Å². The standard InChI is InChI=1S/C17H27N5O3.HI/c1-3-18-17(21-11-8-14(12-21)13-25-2)20-10-9-19-15-6-4-5-7-16(15)22(23)24;/h4-7,14,19H,3,8-13H2,1-2H3,(H,18,20);1H. The summed E-state index contributed by atoms with van der Waals surface area (Å²) in [4.78, 5) is 17.5. The van der Waals surface area contributed by atoms with Crippen LogP contribution in [0.5, 0.6) is 0 Å². The Morgan fingerprint density at radius 3 is 2.92 bits per heavy atom. The molecule has 1 atom stereocenters. The van der Waals surface area contributed by atoms with Crippen molar-refractivity contribution >= 4 is 41.3 Å². The maximum Gasteiger partial charge on any atom is 0.292 e. The molecule has 26 heavy (non-hydrogen) atoms. The molecule has 1 fully saturated rings. The van der Waals surface area contributed by atoms with Gasteiger partial charge < -0.3 is 20.3 Å². The Morgan fingerprint density at radius 2 is 2.23 bits per heavy atom. The predicted molar refractivity (Wildman–Crippen MR) is 115 cm³/mol. The van der Waals surface area contributed by atoms with Gasteiger partial charge in [-0.15, -0.1) is 24.0 Å². The normalized spacial score (nSPS) is 16.9. The molecule has 0 aliphatic carbocycles. The third-order valence-electron chi connectivity index (χ3n) is 4.11. The van der Waals surface area contributed by atoms with Crippen molar-refractivity contribution in [2.45, 2.75) is 13.3 Å². The Kier molecular flexibility index (Phi) is 10.3. The van der Waals surface area contributed by atoms with Gasteiger partial charge in [-0.25, -0.2) is 0 Å². The van der Waals surface area contributed by atoms with E-state index in [0.29, 0.717) is 24.7 Å². The topological polar surface area (TPSA) is 92.0 Å². The Morgan fingerprint density at radius 1 is 1.46 bits per heavy atom. The zero-order chi connectivity index (χ0) is 18.1. The van der Waals surface area contributed by atoms with Crippen molar-refractivity contribution in [3.8, 4) is 0 Å². The van der Waals surface area contributed by atoms with E-state index >= 15 is 0 Å². The molecule has 1 aromatic carbocycles.